The maximum atomic E-state index is 9.84. The average molecular weight is 188 g/mol. The van der Waals surface area contributed by atoms with Crippen molar-refractivity contribution in [1.29, 1.82) is 0 Å². The minimum Gasteiger partial charge on any atom is -0.393 e. The molecule has 0 spiro atoms. The summed E-state index contributed by atoms with van der Waals surface area (Å²) in [6.45, 7) is 7.64. The quantitative estimate of drug-likeness (QED) is 0.671. The monoisotopic (exact) mass is 188 g/mol. The van der Waals surface area contributed by atoms with Gasteiger partial charge in [-0.1, -0.05) is 13.3 Å². The van der Waals surface area contributed by atoms with Gasteiger partial charge in [-0.2, -0.15) is 0 Å². The second-order valence-corrected chi connectivity index (χ2v) is 4.57. The van der Waals surface area contributed by atoms with E-state index in [-0.39, 0.29) is 6.10 Å². The van der Waals surface area contributed by atoms with Gasteiger partial charge in [0.05, 0.1) is 11.7 Å². The van der Waals surface area contributed by atoms with Crippen LogP contribution in [-0.4, -0.2) is 21.9 Å². The standard InChI is InChI=1S/C11H24O2/c1-5-6-10(11(3,4)13)8-7-9(2)12/h9-10,12-13H,5-8H2,1-4H3. The molecule has 2 unspecified atom stereocenters. The van der Waals surface area contributed by atoms with Gasteiger partial charge in [0.15, 0.2) is 0 Å². The fraction of sp³-hybridized carbons (Fsp3) is 1.00. The maximum absolute atomic E-state index is 9.84. The molecule has 0 heterocycles. The van der Waals surface area contributed by atoms with E-state index >= 15 is 0 Å². The molecule has 0 fully saturated rings. The Morgan fingerprint density at radius 1 is 1.15 bits per heavy atom. The van der Waals surface area contributed by atoms with Gasteiger partial charge in [-0.05, 0) is 46.0 Å². The van der Waals surface area contributed by atoms with Crippen molar-refractivity contribution in [2.75, 3.05) is 0 Å². The van der Waals surface area contributed by atoms with Gasteiger partial charge < -0.3 is 10.2 Å². The third kappa shape index (κ3) is 6.05. The van der Waals surface area contributed by atoms with Gasteiger partial charge in [-0.3, -0.25) is 0 Å². The van der Waals surface area contributed by atoms with Crippen molar-refractivity contribution < 1.29 is 10.2 Å². The van der Waals surface area contributed by atoms with Gasteiger partial charge in [-0.15, -0.1) is 0 Å². The van der Waals surface area contributed by atoms with E-state index in [9.17, 15) is 5.11 Å². The summed E-state index contributed by atoms with van der Waals surface area (Å²) in [6.07, 6.45) is 3.58. The van der Waals surface area contributed by atoms with E-state index in [1.54, 1.807) is 6.92 Å². The molecule has 2 atom stereocenters. The summed E-state index contributed by atoms with van der Waals surface area (Å²) in [4.78, 5) is 0. The van der Waals surface area contributed by atoms with Crippen LogP contribution in [-0.2, 0) is 0 Å². The molecule has 0 amide bonds. The van der Waals surface area contributed by atoms with Crippen molar-refractivity contribution in [3.05, 3.63) is 0 Å². The Kier molecular flexibility index (Phi) is 5.57. The fourth-order valence-corrected chi connectivity index (χ4v) is 1.64. The molecule has 0 aromatic heterocycles. The van der Waals surface area contributed by atoms with Crippen LogP contribution >= 0.6 is 0 Å². The van der Waals surface area contributed by atoms with Crippen LogP contribution in [0.2, 0.25) is 0 Å². The second kappa shape index (κ2) is 5.61. The Labute approximate surface area is 82.0 Å². The summed E-state index contributed by atoms with van der Waals surface area (Å²) in [7, 11) is 0. The minimum atomic E-state index is -0.606. The fourth-order valence-electron chi connectivity index (χ4n) is 1.64. The molecule has 2 nitrogen and oxygen atoms in total. The van der Waals surface area contributed by atoms with Gasteiger partial charge in [0, 0.05) is 0 Å². The van der Waals surface area contributed by atoms with Crippen molar-refractivity contribution in [3.63, 3.8) is 0 Å². The van der Waals surface area contributed by atoms with Gasteiger partial charge in [-0.25, -0.2) is 0 Å². The Morgan fingerprint density at radius 3 is 2.00 bits per heavy atom. The summed E-state index contributed by atoms with van der Waals surface area (Å²) < 4.78 is 0. The number of hydrogen-bond donors (Lipinski definition) is 2. The summed E-state index contributed by atoms with van der Waals surface area (Å²) in [6, 6.07) is 0. The molecule has 0 aromatic rings. The summed E-state index contributed by atoms with van der Waals surface area (Å²) >= 11 is 0. The first-order chi connectivity index (χ1) is 5.88. The molecule has 13 heavy (non-hydrogen) atoms. The zero-order valence-electron chi connectivity index (χ0n) is 9.38. The summed E-state index contributed by atoms with van der Waals surface area (Å²) in [5, 5.41) is 19.0. The molecule has 0 aliphatic heterocycles. The van der Waals surface area contributed by atoms with E-state index in [4.69, 9.17) is 5.11 Å². The lowest BCUT2D eigenvalue weighted by molar-refractivity contribution is 0.00354. The first-order valence-electron chi connectivity index (χ1n) is 5.28. The van der Waals surface area contributed by atoms with E-state index in [2.05, 4.69) is 6.92 Å². The lowest BCUT2D eigenvalue weighted by atomic mass is 9.83. The predicted molar refractivity (Wildman–Crippen MR) is 55.6 cm³/mol. The highest BCUT2D eigenvalue weighted by atomic mass is 16.3. The van der Waals surface area contributed by atoms with Crippen molar-refractivity contribution >= 4 is 0 Å². The van der Waals surface area contributed by atoms with Crippen LogP contribution in [0.15, 0.2) is 0 Å². The first kappa shape index (κ1) is 12.9. The normalized spacial score (nSPS) is 17.1. The Hall–Kier alpha value is -0.0800. The maximum Gasteiger partial charge on any atom is 0.0619 e. The minimum absolute atomic E-state index is 0.248. The highest BCUT2D eigenvalue weighted by Gasteiger charge is 2.25. The third-order valence-electron chi connectivity index (χ3n) is 2.57. The van der Waals surface area contributed by atoms with E-state index < -0.39 is 5.60 Å². The Bertz CT molecular complexity index is 125. The smallest absolute Gasteiger partial charge is 0.0619 e. The number of aliphatic hydroxyl groups excluding tert-OH is 1. The summed E-state index contributed by atoms with van der Waals surface area (Å²) in [5.74, 6) is 0.312. The molecule has 0 saturated carbocycles. The number of rotatable bonds is 6. The van der Waals surface area contributed by atoms with Crippen LogP contribution in [0.4, 0.5) is 0 Å². The van der Waals surface area contributed by atoms with Crippen molar-refractivity contribution in [2.45, 2.75) is 65.1 Å². The third-order valence-corrected chi connectivity index (χ3v) is 2.57. The number of hydrogen-bond acceptors (Lipinski definition) is 2. The van der Waals surface area contributed by atoms with Crippen molar-refractivity contribution in [1.82, 2.24) is 0 Å². The molecule has 0 radical (unpaired) electrons. The second-order valence-electron chi connectivity index (χ2n) is 4.57. The SMILES string of the molecule is CCCC(CCC(C)O)C(C)(C)O. The van der Waals surface area contributed by atoms with Crippen LogP contribution < -0.4 is 0 Å². The van der Waals surface area contributed by atoms with Crippen LogP contribution in [0.3, 0.4) is 0 Å². The predicted octanol–water partition coefficient (Wildman–Crippen LogP) is 2.33. The molecule has 80 valence electrons. The van der Waals surface area contributed by atoms with Crippen molar-refractivity contribution in [3.8, 4) is 0 Å². The molecule has 0 rings (SSSR count). The lowest BCUT2D eigenvalue weighted by Gasteiger charge is -2.29. The van der Waals surface area contributed by atoms with E-state index in [1.165, 1.54) is 0 Å². The first-order valence-corrected chi connectivity index (χ1v) is 5.28. The molecule has 0 aliphatic rings. The Balaban J connectivity index is 3.95. The molecule has 0 aromatic carbocycles. The Morgan fingerprint density at radius 2 is 1.69 bits per heavy atom. The van der Waals surface area contributed by atoms with Gasteiger partial charge in [0.2, 0.25) is 0 Å². The lowest BCUT2D eigenvalue weighted by Crippen LogP contribution is -2.31. The van der Waals surface area contributed by atoms with Crippen molar-refractivity contribution in [2.24, 2.45) is 5.92 Å². The molecular formula is C11H24O2. The van der Waals surface area contributed by atoms with Crippen LogP contribution in [0, 0.1) is 5.92 Å². The topological polar surface area (TPSA) is 40.5 Å². The zero-order valence-corrected chi connectivity index (χ0v) is 9.38. The van der Waals surface area contributed by atoms with Crippen LogP contribution in [0.5, 0.6) is 0 Å². The summed E-state index contributed by atoms with van der Waals surface area (Å²) in [5.41, 5.74) is -0.606. The van der Waals surface area contributed by atoms with E-state index in [0.29, 0.717) is 5.92 Å². The van der Waals surface area contributed by atoms with E-state index in [1.807, 2.05) is 13.8 Å². The zero-order chi connectivity index (χ0) is 10.5. The number of aliphatic hydroxyl groups is 2. The van der Waals surface area contributed by atoms with Gasteiger partial charge in [0.1, 0.15) is 0 Å². The highest BCUT2D eigenvalue weighted by molar-refractivity contribution is 4.77. The van der Waals surface area contributed by atoms with E-state index in [0.717, 1.165) is 25.7 Å². The molecule has 0 bridgehead atoms. The molecule has 2 heteroatoms. The van der Waals surface area contributed by atoms with Crippen LogP contribution in [0.1, 0.15) is 53.4 Å². The molecule has 0 saturated heterocycles. The van der Waals surface area contributed by atoms with Crippen LogP contribution in [0.25, 0.3) is 0 Å². The largest absolute Gasteiger partial charge is 0.393 e. The molecular weight excluding hydrogens is 164 g/mol. The van der Waals surface area contributed by atoms with Gasteiger partial charge >= 0.3 is 0 Å². The average Bonchev–Trinajstić information content (AvgIpc) is 1.95. The molecule has 0 aliphatic carbocycles. The molecule has 2 N–H and O–H groups in total. The highest BCUT2D eigenvalue weighted by Crippen LogP contribution is 2.26. The van der Waals surface area contributed by atoms with Gasteiger partial charge in [0.25, 0.3) is 0 Å².